The quantitative estimate of drug-likeness (QED) is 0.598. The Morgan fingerprint density at radius 1 is 1.31 bits per heavy atom. The molecule has 3 amide bonds. The van der Waals surface area contributed by atoms with Crippen LogP contribution >= 0.6 is 0 Å². The minimum absolute atomic E-state index is 0.205. The van der Waals surface area contributed by atoms with Gasteiger partial charge in [0.25, 0.3) is 5.91 Å². The molecule has 3 heterocycles. The first kappa shape index (κ1) is 18.0. The van der Waals surface area contributed by atoms with E-state index in [-0.39, 0.29) is 18.5 Å². The van der Waals surface area contributed by atoms with Crippen molar-refractivity contribution in [2.24, 2.45) is 4.99 Å². The number of likely N-dealkylation sites (N-methyl/N-ethyl adjacent to an activating group) is 2. The van der Waals surface area contributed by atoms with Crippen LogP contribution in [0.5, 0.6) is 0 Å². The number of rotatable bonds is 4. The van der Waals surface area contributed by atoms with Crippen LogP contribution in [-0.4, -0.2) is 74.6 Å². The summed E-state index contributed by atoms with van der Waals surface area (Å²) in [7, 11) is 3.45. The molecule has 0 N–H and O–H groups in total. The summed E-state index contributed by atoms with van der Waals surface area (Å²) in [6.07, 6.45) is 1.62. The van der Waals surface area contributed by atoms with Crippen molar-refractivity contribution < 1.29 is 14.2 Å². The summed E-state index contributed by atoms with van der Waals surface area (Å²) < 4.78 is 3.57. The maximum Gasteiger partial charge on any atom is 0.421 e. The van der Waals surface area contributed by atoms with E-state index >= 15 is 0 Å². The van der Waals surface area contributed by atoms with E-state index in [0.717, 1.165) is 29.8 Å². The van der Waals surface area contributed by atoms with E-state index in [1.54, 1.807) is 23.2 Å². The largest absolute Gasteiger partial charge is 0.421 e. The summed E-state index contributed by atoms with van der Waals surface area (Å²) in [5, 5.41) is 4.61. The summed E-state index contributed by atoms with van der Waals surface area (Å²) in [4.78, 5) is 32.8. The van der Waals surface area contributed by atoms with Gasteiger partial charge in [-0.25, -0.2) is 9.37 Å². The lowest BCUT2D eigenvalue weighted by atomic mass is 10.1. The van der Waals surface area contributed by atoms with Gasteiger partial charge in [0.05, 0.1) is 19.3 Å². The second kappa shape index (κ2) is 6.51. The van der Waals surface area contributed by atoms with E-state index in [9.17, 15) is 9.59 Å². The van der Waals surface area contributed by atoms with Gasteiger partial charge >= 0.3 is 12.0 Å². The minimum atomic E-state index is -0.633. The fourth-order valence-corrected chi connectivity index (χ4v) is 3.27. The third-order valence-corrected chi connectivity index (χ3v) is 4.70. The van der Waals surface area contributed by atoms with Gasteiger partial charge in [-0.05, 0) is 19.4 Å². The third-order valence-electron chi connectivity index (χ3n) is 4.70. The molecule has 2 aliphatic heterocycles. The highest BCUT2D eigenvalue weighted by molar-refractivity contribution is 6.23. The highest BCUT2D eigenvalue weighted by atomic mass is 16.2. The van der Waals surface area contributed by atoms with Crippen LogP contribution < -0.4 is 0 Å². The number of amidine groups is 1. The number of aryl methyl sites for hydroxylation is 2. The fraction of sp³-hybridized carbons (Fsp3) is 0.500. The van der Waals surface area contributed by atoms with Crippen molar-refractivity contribution in [2.45, 2.75) is 39.7 Å². The second-order valence-electron chi connectivity index (χ2n) is 6.75. The molecule has 0 aliphatic carbocycles. The van der Waals surface area contributed by atoms with Crippen LogP contribution in [0.25, 0.3) is 0 Å². The average molecular weight is 357 g/mol. The molecule has 1 saturated heterocycles. The maximum atomic E-state index is 13.0. The number of amides is 3. The Hall–Kier alpha value is -2.77. The van der Waals surface area contributed by atoms with Crippen molar-refractivity contribution in [1.29, 1.82) is 0 Å². The van der Waals surface area contributed by atoms with Crippen LogP contribution in [0.2, 0.25) is 0 Å². The van der Waals surface area contributed by atoms with E-state index in [4.69, 9.17) is 0 Å². The summed E-state index contributed by atoms with van der Waals surface area (Å²) in [5.41, 5.74) is 2.74. The molecule has 1 fully saturated rings. The third kappa shape index (κ3) is 2.65. The summed E-state index contributed by atoms with van der Waals surface area (Å²) in [6.45, 7) is 9.92. The predicted molar refractivity (Wildman–Crippen MR) is 98.5 cm³/mol. The van der Waals surface area contributed by atoms with Gasteiger partial charge in [-0.15, -0.1) is 9.78 Å². The second-order valence-corrected chi connectivity index (χ2v) is 6.75. The van der Waals surface area contributed by atoms with Crippen molar-refractivity contribution in [3.8, 4) is 0 Å². The average Bonchev–Trinajstić information content (AvgIpc) is 3.17. The normalized spacial score (nSPS) is 20.0. The molecule has 1 unspecified atom stereocenters. The molecule has 1 atom stereocenters. The van der Waals surface area contributed by atoms with Crippen LogP contribution in [0, 0.1) is 0 Å². The molecule has 1 aromatic rings. The van der Waals surface area contributed by atoms with Gasteiger partial charge in [0.2, 0.25) is 11.9 Å². The minimum Gasteiger partial charge on any atom is -0.270 e. The van der Waals surface area contributed by atoms with E-state index in [1.807, 2.05) is 20.0 Å². The zero-order chi connectivity index (χ0) is 19.2. The highest BCUT2D eigenvalue weighted by Crippen LogP contribution is 2.21. The van der Waals surface area contributed by atoms with Gasteiger partial charge in [0, 0.05) is 13.5 Å². The molecule has 2 aliphatic rings. The Labute approximate surface area is 153 Å². The van der Waals surface area contributed by atoms with Crippen LogP contribution in [0.15, 0.2) is 23.2 Å². The zero-order valence-electron chi connectivity index (χ0n) is 16.0. The number of carbonyl (C=O) groups excluding carboxylic acids is 2. The number of hydrogen-bond donors (Lipinski definition) is 0. The number of aliphatic imine (C=N–C) groups is 1. The Kier molecular flexibility index (Phi) is 4.52. The Bertz CT molecular complexity index is 863. The van der Waals surface area contributed by atoms with Gasteiger partial charge in [-0.3, -0.25) is 14.6 Å². The van der Waals surface area contributed by atoms with Crippen molar-refractivity contribution in [1.82, 2.24) is 19.6 Å². The van der Waals surface area contributed by atoms with Gasteiger partial charge < -0.3 is 0 Å². The number of aromatic nitrogens is 2. The number of carbonyl (C=O) groups is 2. The monoisotopic (exact) mass is 357 g/mol. The molecule has 3 rings (SSSR count). The van der Waals surface area contributed by atoms with E-state index in [0.29, 0.717) is 11.8 Å². The van der Waals surface area contributed by atoms with Crippen LogP contribution in [-0.2, 0) is 17.6 Å². The molecular weight excluding hydrogens is 332 g/mol. The molecule has 26 heavy (non-hydrogen) atoms. The SMILES string of the molecule is C=C(C)CN1C(=O)C2C(=NC(n3nc(CC)cc3CC)=[N+]2C)N(C)C1=O. The lowest BCUT2D eigenvalue weighted by molar-refractivity contribution is -0.507. The van der Waals surface area contributed by atoms with Crippen LogP contribution in [0.4, 0.5) is 4.79 Å². The first-order chi connectivity index (χ1) is 12.3. The van der Waals surface area contributed by atoms with Gasteiger partial charge in [-0.2, -0.15) is 0 Å². The molecule has 0 radical (unpaired) electrons. The first-order valence-electron chi connectivity index (χ1n) is 8.80. The summed E-state index contributed by atoms with van der Waals surface area (Å²) in [6, 6.07) is 1.03. The Morgan fingerprint density at radius 2 is 2.00 bits per heavy atom. The van der Waals surface area contributed by atoms with Gasteiger partial charge in [0.15, 0.2) is 0 Å². The van der Waals surface area contributed by atoms with E-state index in [1.165, 1.54) is 9.80 Å². The molecule has 0 saturated carbocycles. The molecule has 8 nitrogen and oxygen atoms in total. The van der Waals surface area contributed by atoms with Crippen molar-refractivity contribution in [2.75, 3.05) is 20.6 Å². The molecular formula is C18H25N6O2+. The summed E-state index contributed by atoms with van der Waals surface area (Å²) in [5.74, 6) is 0.714. The first-order valence-corrected chi connectivity index (χ1v) is 8.80. The number of nitrogens with zero attached hydrogens (tertiary/aromatic N) is 6. The molecule has 1 aromatic heterocycles. The van der Waals surface area contributed by atoms with Crippen molar-refractivity contribution >= 4 is 23.7 Å². The molecule has 0 spiro atoms. The number of urea groups is 1. The van der Waals surface area contributed by atoms with Crippen LogP contribution in [0.1, 0.15) is 32.2 Å². The van der Waals surface area contributed by atoms with E-state index in [2.05, 4.69) is 23.6 Å². The molecule has 0 aromatic carbocycles. The maximum absolute atomic E-state index is 13.0. The molecule has 138 valence electrons. The Morgan fingerprint density at radius 3 is 2.58 bits per heavy atom. The number of fused-ring (bicyclic) bond motifs is 1. The smallest absolute Gasteiger partial charge is 0.270 e. The van der Waals surface area contributed by atoms with Crippen LogP contribution in [0.3, 0.4) is 0 Å². The lowest BCUT2D eigenvalue weighted by Gasteiger charge is -2.33. The highest BCUT2D eigenvalue weighted by Gasteiger charge is 2.52. The van der Waals surface area contributed by atoms with E-state index < -0.39 is 6.04 Å². The number of hydrogen-bond acceptors (Lipinski definition) is 4. The molecule has 0 bridgehead atoms. The van der Waals surface area contributed by atoms with Gasteiger partial charge in [-0.1, -0.05) is 31.0 Å². The molecule has 8 heteroatoms. The standard InChI is InChI=1S/C18H25N6O2/c1-7-12-9-13(8-2)24(20-12)17-19-15-14(21(17)5)16(25)23(10-11(3)4)18(26)22(15)6/h9,14H,3,7-8,10H2,1-2,4-6H3/q+1. The number of imide groups is 1. The summed E-state index contributed by atoms with van der Waals surface area (Å²) >= 11 is 0. The lowest BCUT2D eigenvalue weighted by Crippen LogP contribution is -2.62. The topological polar surface area (TPSA) is 73.8 Å². The van der Waals surface area contributed by atoms with Gasteiger partial charge in [0.1, 0.15) is 5.69 Å². The van der Waals surface area contributed by atoms with Crippen molar-refractivity contribution in [3.63, 3.8) is 0 Å². The zero-order valence-corrected chi connectivity index (χ0v) is 16.0. The predicted octanol–water partition coefficient (Wildman–Crippen LogP) is 1.11. The van der Waals surface area contributed by atoms with Crippen molar-refractivity contribution in [3.05, 3.63) is 29.6 Å². The Balaban J connectivity index is 2.08. The fourth-order valence-electron chi connectivity index (χ4n) is 3.27.